The number of carboxylic acid groups (broad SMARTS) is 1. The van der Waals surface area contributed by atoms with E-state index in [9.17, 15) is 29.1 Å². The molecule has 2 atom stereocenters. The lowest BCUT2D eigenvalue weighted by atomic mass is 10.0. The Morgan fingerprint density at radius 3 is 2.61 bits per heavy atom. The van der Waals surface area contributed by atoms with Crippen molar-refractivity contribution in [1.29, 1.82) is 0 Å². The number of carboxylic acids is 1. The van der Waals surface area contributed by atoms with E-state index in [0.29, 0.717) is 0 Å². The van der Waals surface area contributed by atoms with Gasteiger partial charge in [-0.2, -0.15) is 0 Å². The molecule has 0 saturated carbocycles. The van der Waals surface area contributed by atoms with Crippen molar-refractivity contribution in [2.24, 2.45) is 5.16 Å². The van der Waals surface area contributed by atoms with Crippen LogP contribution in [0.3, 0.4) is 0 Å². The van der Waals surface area contributed by atoms with Gasteiger partial charge in [0.2, 0.25) is 11.5 Å². The third-order valence-corrected chi connectivity index (χ3v) is 5.62. The largest absolute Gasteiger partial charge is 0.477 e. The van der Waals surface area contributed by atoms with E-state index in [1.54, 1.807) is 0 Å². The number of β-lactam (4-membered cyclic amide) rings is 1. The van der Waals surface area contributed by atoms with Crippen molar-refractivity contribution < 1.29 is 38.7 Å². The molecule has 13 heteroatoms. The van der Waals surface area contributed by atoms with Gasteiger partial charge in [0.15, 0.2) is 0 Å². The first-order chi connectivity index (χ1) is 13.2. The summed E-state index contributed by atoms with van der Waals surface area (Å²) >= 11 is 4.12. The normalized spacial score (nSPS) is 21.5. The average Bonchev–Trinajstić information content (AvgIpc) is 2.66. The number of aliphatic carboxylic acids is 1. The molecular weight excluding hydrogens is 462 g/mol. The number of nitrogens with one attached hydrogen (secondary N) is 1. The number of ketones is 1. The van der Waals surface area contributed by atoms with Crippen molar-refractivity contribution in [1.82, 2.24) is 10.2 Å². The number of carbonyl (C=O) groups excluding carboxylic acids is 4. The molecule has 2 heterocycles. The van der Waals surface area contributed by atoms with E-state index in [0.717, 1.165) is 12.0 Å². The number of halogens is 1. The van der Waals surface area contributed by atoms with Crippen LogP contribution in [0.5, 0.6) is 0 Å². The van der Waals surface area contributed by atoms with Crippen LogP contribution in [0.25, 0.3) is 0 Å². The lowest BCUT2D eigenvalue weighted by Crippen LogP contribution is -2.71. The SMILES string of the molecule is CO/N=C(/C(=O)CBr)C(=O)NC1C(=O)N2C(C(=O)O)=C(COC(C)=O)CS[C@@H]12. The lowest BCUT2D eigenvalue weighted by molar-refractivity contribution is -0.150. The average molecular weight is 478 g/mol. The highest BCUT2D eigenvalue weighted by atomic mass is 79.9. The number of hydrogen-bond donors (Lipinski definition) is 2. The van der Waals surface area contributed by atoms with Gasteiger partial charge in [0.25, 0.3) is 11.8 Å². The Morgan fingerprint density at radius 2 is 2.07 bits per heavy atom. The molecule has 0 bridgehead atoms. The Hall–Kier alpha value is -2.41. The van der Waals surface area contributed by atoms with Crippen molar-refractivity contribution in [2.45, 2.75) is 18.3 Å². The van der Waals surface area contributed by atoms with E-state index in [1.165, 1.54) is 18.7 Å². The number of esters is 1. The van der Waals surface area contributed by atoms with Crippen LogP contribution in [0.2, 0.25) is 0 Å². The van der Waals surface area contributed by atoms with Crippen molar-refractivity contribution in [3.8, 4) is 0 Å². The maximum Gasteiger partial charge on any atom is 0.352 e. The quantitative estimate of drug-likeness (QED) is 0.115. The zero-order valence-corrected chi connectivity index (χ0v) is 17.2. The summed E-state index contributed by atoms with van der Waals surface area (Å²) in [6, 6.07) is -1.03. The third-order valence-electron chi connectivity index (χ3n) is 3.77. The lowest BCUT2D eigenvalue weighted by Gasteiger charge is -2.49. The number of amides is 2. The number of thioether (sulfide) groups is 1. The molecule has 28 heavy (non-hydrogen) atoms. The highest BCUT2D eigenvalue weighted by molar-refractivity contribution is 9.09. The summed E-state index contributed by atoms with van der Waals surface area (Å²) < 4.78 is 4.84. The zero-order chi connectivity index (χ0) is 21.0. The number of oxime groups is 1. The molecule has 2 aliphatic heterocycles. The minimum Gasteiger partial charge on any atom is -0.477 e. The van der Waals surface area contributed by atoms with Gasteiger partial charge in [0.05, 0.1) is 5.33 Å². The maximum absolute atomic E-state index is 12.5. The minimum atomic E-state index is -1.35. The fourth-order valence-electron chi connectivity index (χ4n) is 2.57. The molecular formula is C15H16BrN3O8S. The summed E-state index contributed by atoms with van der Waals surface area (Å²) in [5.74, 6) is -3.95. The van der Waals surface area contributed by atoms with Gasteiger partial charge in [-0.3, -0.25) is 24.1 Å². The monoisotopic (exact) mass is 477 g/mol. The van der Waals surface area contributed by atoms with Crippen LogP contribution in [0.1, 0.15) is 6.92 Å². The molecule has 0 radical (unpaired) electrons. The predicted octanol–water partition coefficient (Wildman–Crippen LogP) is -0.745. The van der Waals surface area contributed by atoms with Crippen molar-refractivity contribution >= 4 is 62.9 Å². The molecule has 1 unspecified atom stereocenters. The van der Waals surface area contributed by atoms with Crippen LogP contribution in [0, 0.1) is 0 Å². The molecule has 0 aliphatic carbocycles. The number of alkyl halides is 1. The fraction of sp³-hybridized carbons (Fsp3) is 0.467. The zero-order valence-electron chi connectivity index (χ0n) is 14.8. The molecule has 0 aromatic heterocycles. The van der Waals surface area contributed by atoms with Gasteiger partial charge < -0.3 is 20.0 Å². The Kier molecular flexibility index (Phi) is 7.18. The molecule has 11 nitrogen and oxygen atoms in total. The third kappa shape index (κ3) is 4.35. The van der Waals surface area contributed by atoms with Gasteiger partial charge in [-0.25, -0.2) is 4.79 Å². The number of hydrogen-bond acceptors (Lipinski definition) is 9. The summed E-state index contributed by atoms with van der Waals surface area (Å²) in [7, 11) is 1.16. The van der Waals surface area contributed by atoms with E-state index in [1.807, 2.05) is 0 Å². The predicted molar refractivity (Wildman–Crippen MR) is 99.6 cm³/mol. The molecule has 152 valence electrons. The van der Waals surface area contributed by atoms with Crippen LogP contribution in [0.4, 0.5) is 0 Å². The van der Waals surface area contributed by atoms with Crippen LogP contribution >= 0.6 is 27.7 Å². The van der Waals surface area contributed by atoms with E-state index in [-0.39, 0.29) is 29.0 Å². The molecule has 1 fully saturated rings. The standard InChI is InChI=1S/C15H16BrN3O8S/c1-6(20)27-4-7-5-28-14-10(13(23)19(14)11(7)15(24)25)17-12(22)9(18-26-2)8(21)3-16/h10,14H,3-5H2,1-2H3,(H,17,22)(H,24,25)/b18-9-/t10?,14-/m0/s1. The van der Waals surface area contributed by atoms with E-state index >= 15 is 0 Å². The number of ether oxygens (including phenoxy) is 1. The second-order valence-electron chi connectivity index (χ2n) is 5.58. The van der Waals surface area contributed by atoms with E-state index < -0.39 is 46.7 Å². The summed E-state index contributed by atoms with van der Waals surface area (Å²) in [5, 5.41) is 14.4. The number of fused-ring (bicyclic) bond motifs is 1. The number of rotatable bonds is 8. The van der Waals surface area contributed by atoms with Crippen LogP contribution in [0.15, 0.2) is 16.4 Å². The first kappa shape index (κ1) is 21.9. The maximum atomic E-state index is 12.5. The Bertz CT molecular complexity index is 796. The second-order valence-corrected chi connectivity index (χ2v) is 7.24. The number of Topliss-reactive ketones (excluding diaryl/α,β-unsaturated/α-hetero) is 1. The molecule has 2 aliphatic rings. The summed E-state index contributed by atoms with van der Waals surface area (Å²) in [6.07, 6.45) is 0. The van der Waals surface area contributed by atoms with Gasteiger partial charge in [-0.15, -0.1) is 11.8 Å². The van der Waals surface area contributed by atoms with Crippen molar-refractivity contribution in [3.63, 3.8) is 0 Å². The van der Waals surface area contributed by atoms with Crippen LogP contribution < -0.4 is 5.32 Å². The first-order valence-corrected chi connectivity index (χ1v) is 9.94. The van der Waals surface area contributed by atoms with E-state index in [4.69, 9.17) is 4.74 Å². The number of carbonyl (C=O) groups is 5. The molecule has 2 amide bonds. The van der Waals surface area contributed by atoms with Gasteiger partial charge >= 0.3 is 11.9 Å². The van der Waals surface area contributed by atoms with E-state index in [2.05, 4.69) is 31.2 Å². The molecule has 1 saturated heterocycles. The van der Waals surface area contributed by atoms with Gasteiger partial charge in [0.1, 0.15) is 30.8 Å². The summed E-state index contributed by atoms with van der Waals surface area (Å²) in [5.41, 5.74) is -0.517. The molecule has 2 rings (SSSR count). The molecule has 2 N–H and O–H groups in total. The van der Waals surface area contributed by atoms with Gasteiger partial charge in [-0.1, -0.05) is 21.1 Å². The Labute approximate surface area is 171 Å². The Balaban J connectivity index is 2.18. The molecule has 0 spiro atoms. The minimum absolute atomic E-state index is 0.170. The number of nitrogens with zero attached hydrogens (tertiary/aromatic N) is 2. The molecule has 0 aromatic carbocycles. The van der Waals surface area contributed by atoms with Gasteiger partial charge in [0, 0.05) is 18.2 Å². The smallest absolute Gasteiger partial charge is 0.352 e. The van der Waals surface area contributed by atoms with Crippen LogP contribution in [-0.4, -0.2) is 81.5 Å². The highest BCUT2D eigenvalue weighted by Gasteiger charge is 2.54. The second kappa shape index (κ2) is 9.19. The highest BCUT2D eigenvalue weighted by Crippen LogP contribution is 2.40. The summed E-state index contributed by atoms with van der Waals surface area (Å²) in [4.78, 5) is 64.6. The first-order valence-electron chi connectivity index (χ1n) is 7.77. The van der Waals surface area contributed by atoms with Crippen molar-refractivity contribution in [2.75, 3.05) is 24.8 Å². The topological polar surface area (TPSA) is 152 Å². The van der Waals surface area contributed by atoms with Crippen LogP contribution in [-0.2, 0) is 33.5 Å². The fourth-order valence-corrected chi connectivity index (χ4v) is 4.16. The summed E-state index contributed by atoms with van der Waals surface area (Å²) in [6.45, 7) is 0.940. The Morgan fingerprint density at radius 1 is 1.39 bits per heavy atom. The molecule has 0 aromatic rings. The van der Waals surface area contributed by atoms with Crippen molar-refractivity contribution in [3.05, 3.63) is 11.3 Å². The van der Waals surface area contributed by atoms with Gasteiger partial charge in [-0.05, 0) is 0 Å².